The maximum Gasteiger partial charge on any atom is 0.248 e. The SMILES string of the molecule is CC(C)C[C@@H](C(=O)Nc1ccn(CC(O)O)n1)n1cc(Oc2ccccc2F)cc1O. The number of aromatic hydroxyl groups is 1. The Morgan fingerprint density at radius 1 is 1.26 bits per heavy atom. The molecule has 31 heavy (non-hydrogen) atoms. The Morgan fingerprint density at radius 2 is 2.00 bits per heavy atom. The predicted molar refractivity (Wildman–Crippen MR) is 110 cm³/mol. The van der Waals surface area contributed by atoms with Gasteiger partial charge in [-0.1, -0.05) is 26.0 Å². The van der Waals surface area contributed by atoms with E-state index in [-0.39, 0.29) is 35.7 Å². The Hall–Kier alpha value is -3.37. The number of aliphatic hydroxyl groups is 2. The number of nitrogens with one attached hydrogen (secondary N) is 1. The molecule has 0 spiro atoms. The van der Waals surface area contributed by atoms with Crippen molar-refractivity contribution in [1.29, 1.82) is 0 Å². The summed E-state index contributed by atoms with van der Waals surface area (Å²) in [4.78, 5) is 13.0. The van der Waals surface area contributed by atoms with E-state index in [0.717, 1.165) is 0 Å². The molecule has 0 saturated carbocycles. The van der Waals surface area contributed by atoms with Gasteiger partial charge in [0.25, 0.3) is 0 Å². The number of carbonyl (C=O) groups is 1. The molecule has 10 heteroatoms. The molecule has 4 N–H and O–H groups in total. The van der Waals surface area contributed by atoms with Crippen molar-refractivity contribution in [1.82, 2.24) is 14.3 Å². The van der Waals surface area contributed by atoms with Crippen LogP contribution in [-0.4, -0.2) is 41.9 Å². The third kappa shape index (κ3) is 5.83. The van der Waals surface area contributed by atoms with E-state index < -0.39 is 24.1 Å². The molecule has 1 atom stereocenters. The van der Waals surface area contributed by atoms with Gasteiger partial charge in [0.15, 0.2) is 29.6 Å². The third-order valence-corrected chi connectivity index (χ3v) is 4.44. The van der Waals surface area contributed by atoms with Gasteiger partial charge in [-0.25, -0.2) is 4.39 Å². The maximum atomic E-state index is 13.9. The van der Waals surface area contributed by atoms with Gasteiger partial charge in [0.2, 0.25) is 5.91 Å². The van der Waals surface area contributed by atoms with Crippen molar-refractivity contribution in [3.8, 4) is 17.4 Å². The highest BCUT2D eigenvalue weighted by molar-refractivity contribution is 5.93. The maximum absolute atomic E-state index is 13.9. The molecular formula is C21H25FN4O5. The Balaban J connectivity index is 1.80. The summed E-state index contributed by atoms with van der Waals surface area (Å²) in [6.07, 6.45) is 1.78. The molecule has 0 fully saturated rings. The monoisotopic (exact) mass is 432 g/mol. The highest BCUT2D eigenvalue weighted by atomic mass is 19.1. The van der Waals surface area contributed by atoms with Crippen molar-refractivity contribution in [2.75, 3.05) is 5.32 Å². The minimum absolute atomic E-state index is 0.00104. The van der Waals surface area contributed by atoms with Crippen molar-refractivity contribution in [3.63, 3.8) is 0 Å². The Morgan fingerprint density at radius 3 is 2.68 bits per heavy atom. The second-order valence-corrected chi connectivity index (χ2v) is 7.51. The highest BCUT2D eigenvalue weighted by Crippen LogP contribution is 2.33. The van der Waals surface area contributed by atoms with E-state index in [9.17, 15) is 14.3 Å². The molecule has 0 saturated heterocycles. The smallest absolute Gasteiger partial charge is 0.248 e. The number of hydrogen-bond acceptors (Lipinski definition) is 6. The first-order valence-corrected chi connectivity index (χ1v) is 9.76. The van der Waals surface area contributed by atoms with Gasteiger partial charge in [-0.15, -0.1) is 0 Å². The molecule has 0 aliphatic carbocycles. The Bertz CT molecular complexity index is 1030. The lowest BCUT2D eigenvalue weighted by Gasteiger charge is -2.20. The molecule has 0 aliphatic rings. The van der Waals surface area contributed by atoms with Gasteiger partial charge in [0, 0.05) is 18.3 Å². The van der Waals surface area contributed by atoms with Gasteiger partial charge in [-0.2, -0.15) is 5.10 Å². The van der Waals surface area contributed by atoms with Crippen LogP contribution < -0.4 is 10.1 Å². The van der Waals surface area contributed by atoms with Crippen LogP contribution in [0, 0.1) is 11.7 Å². The summed E-state index contributed by atoms with van der Waals surface area (Å²) in [5.74, 6) is -0.640. The van der Waals surface area contributed by atoms with E-state index in [4.69, 9.17) is 14.9 Å². The number of aliphatic hydroxyl groups excluding tert-OH is 1. The van der Waals surface area contributed by atoms with Gasteiger partial charge >= 0.3 is 0 Å². The summed E-state index contributed by atoms with van der Waals surface area (Å²) in [6.45, 7) is 3.74. The average Bonchev–Trinajstić information content (AvgIpc) is 3.27. The molecule has 166 valence electrons. The lowest BCUT2D eigenvalue weighted by atomic mass is 10.0. The van der Waals surface area contributed by atoms with Crippen molar-refractivity contribution in [2.45, 2.75) is 39.1 Å². The summed E-state index contributed by atoms with van der Waals surface area (Å²) in [5.41, 5.74) is 0. The number of aromatic nitrogens is 3. The second kappa shape index (κ2) is 9.63. The van der Waals surface area contributed by atoms with E-state index in [2.05, 4.69) is 10.4 Å². The van der Waals surface area contributed by atoms with Crippen LogP contribution in [0.1, 0.15) is 26.3 Å². The standard InChI is InChI=1S/C21H25FN4O5/c1-13(2)9-16(21(30)23-18-7-8-25(24-18)12-20(28)29)26-11-14(10-19(26)27)31-17-6-4-3-5-15(17)22/h3-8,10-11,13,16,20,27-29H,9,12H2,1-2H3,(H,23,24,30)/t16-/m0/s1. The minimum Gasteiger partial charge on any atom is -0.494 e. The molecular weight excluding hydrogens is 407 g/mol. The number of carbonyl (C=O) groups excluding carboxylic acids is 1. The fourth-order valence-electron chi connectivity index (χ4n) is 3.10. The zero-order valence-electron chi connectivity index (χ0n) is 17.1. The van der Waals surface area contributed by atoms with Crippen molar-refractivity contribution < 1.29 is 29.2 Å². The Labute approximate surface area is 178 Å². The van der Waals surface area contributed by atoms with Crippen LogP contribution in [0.3, 0.4) is 0 Å². The van der Waals surface area contributed by atoms with Crippen LogP contribution in [0.15, 0.2) is 48.8 Å². The van der Waals surface area contributed by atoms with Gasteiger partial charge in [-0.05, 0) is 24.5 Å². The lowest BCUT2D eigenvalue weighted by molar-refractivity contribution is -0.119. The number of benzene rings is 1. The highest BCUT2D eigenvalue weighted by Gasteiger charge is 2.25. The zero-order chi connectivity index (χ0) is 22.5. The fraction of sp³-hybridized carbons (Fsp3) is 0.333. The molecule has 1 aromatic carbocycles. The summed E-state index contributed by atoms with van der Waals surface area (Å²) < 4.78 is 22.0. The van der Waals surface area contributed by atoms with Crippen molar-refractivity contribution in [3.05, 3.63) is 54.6 Å². The topological polar surface area (TPSA) is 122 Å². The summed E-state index contributed by atoms with van der Waals surface area (Å²) in [5, 5.41) is 35.2. The number of hydrogen-bond donors (Lipinski definition) is 4. The van der Waals surface area contributed by atoms with E-state index in [1.807, 2.05) is 13.8 Å². The molecule has 1 amide bonds. The summed E-state index contributed by atoms with van der Waals surface area (Å²) in [7, 11) is 0. The molecule has 3 aromatic rings. The number of para-hydroxylation sites is 1. The molecule has 9 nitrogen and oxygen atoms in total. The van der Waals surface area contributed by atoms with E-state index in [1.165, 1.54) is 52.0 Å². The van der Waals surface area contributed by atoms with Gasteiger partial charge < -0.3 is 29.9 Å². The fourth-order valence-corrected chi connectivity index (χ4v) is 3.10. The quantitative estimate of drug-likeness (QED) is 0.386. The zero-order valence-corrected chi connectivity index (χ0v) is 17.1. The first-order chi connectivity index (χ1) is 14.7. The van der Waals surface area contributed by atoms with Gasteiger partial charge in [-0.3, -0.25) is 9.48 Å². The second-order valence-electron chi connectivity index (χ2n) is 7.51. The van der Waals surface area contributed by atoms with E-state index >= 15 is 0 Å². The molecule has 0 bridgehead atoms. The molecule has 0 aliphatic heterocycles. The largest absolute Gasteiger partial charge is 0.494 e. The number of anilines is 1. The predicted octanol–water partition coefficient (Wildman–Crippen LogP) is 2.86. The van der Waals surface area contributed by atoms with Crippen molar-refractivity contribution >= 4 is 11.7 Å². The van der Waals surface area contributed by atoms with Crippen LogP contribution in [0.2, 0.25) is 0 Å². The minimum atomic E-state index is -1.57. The van der Waals surface area contributed by atoms with Crippen LogP contribution >= 0.6 is 0 Å². The number of amides is 1. The molecule has 0 unspecified atom stereocenters. The molecule has 0 radical (unpaired) electrons. The molecule has 2 heterocycles. The number of rotatable bonds is 9. The van der Waals surface area contributed by atoms with Crippen molar-refractivity contribution in [2.24, 2.45) is 5.92 Å². The summed E-state index contributed by atoms with van der Waals surface area (Å²) >= 11 is 0. The number of halogens is 1. The first-order valence-electron chi connectivity index (χ1n) is 9.76. The Kier molecular flexibility index (Phi) is 6.93. The molecule has 3 rings (SSSR count). The summed E-state index contributed by atoms with van der Waals surface area (Å²) in [6, 6.07) is 7.93. The first kappa shape index (κ1) is 22.3. The van der Waals surface area contributed by atoms with E-state index in [0.29, 0.717) is 6.42 Å². The lowest BCUT2D eigenvalue weighted by Crippen LogP contribution is -2.27. The van der Waals surface area contributed by atoms with Crippen LogP contribution in [0.4, 0.5) is 10.2 Å². The number of ether oxygens (including phenoxy) is 1. The normalized spacial score (nSPS) is 12.4. The van der Waals surface area contributed by atoms with Crippen LogP contribution in [0.5, 0.6) is 17.4 Å². The van der Waals surface area contributed by atoms with E-state index in [1.54, 1.807) is 6.07 Å². The van der Waals surface area contributed by atoms with Gasteiger partial charge in [0.1, 0.15) is 11.8 Å². The number of nitrogens with zero attached hydrogens (tertiary/aromatic N) is 3. The third-order valence-electron chi connectivity index (χ3n) is 4.44. The average molecular weight is 432 g/mol. The molecule has 2 aromatic heterocycles. The van der Waals surface area contributed by atoms with Crippen LogP contribution in [-0.2, 0) is 11.3 Å². The van der Waals surface area contributed by atoms with Crippen LogP contribution in [0.25, 0.3) is 0 Å². The van der Waals surface area contributed by atoms with Gasteiger partial charge in [0.05, 0.1) is 12.7 Å².